The summed E-state index contributed by atoms with van der Waals surface area (Å²) in [6, 6.07) is 5.90. The maximum Gasteiger partial charge on any atom is 0.332 e. The van der Waals surface area contributed by atoms with Gasteiger partial charge in [-0.2, -0.15) is 0 Å². The van der Waals surface area contributed by atoms with Crippen molar-refractivity contribution in [2.75, 3.05) is 13.7 Å². The van der Waals surface area contributed by atoms with Crippen molar-refractivity contribution in [2.45, 2.75) is 19.9 Å². The first-order valence-electron chi connectivity index (χ1n) is 8.84. The first kappa shape index (κ1) is 19.4. The number of hydrogen-bond acceptors (Lipinski definition) is 5. The highest BCUT2D eigenvalue weighted by atomic mass is 16.5. The van der Waals surface area contributed by atoms with Crippen molar-refractivity contribution < 1.29 is 9.53 Å². The summed E-state index contributed by atoms with van der Waals surface area (Å²) >= 11 is 0. The molecule has 2 aromatic heterocycles. The van der Waals surface area contributed by atoms with Crippen molar-refractivity contribution in [3.8, 4) is 5.75 Å². The van der Waals surface area contributed by atoms with E-state index >= 15 is 0 Å². The molecule has 0 aliphatic carbocycles. The zero-order valence-electron chi connectivity index (χ0n) is 16.4. The summed E-state index contributed by atoms with van der Waals surface area (Å²) in [7, 11) is 4.55. The molecule has 3 aromatic rings. The van der Waals surface area contributed by atoms with Gasteiger partial charge in [0, 0.05) is 20.6 Å². The van der Waals surface area contributed by atoms with Crippen LogP contribution in [0.25, 0.3) is 11.2 Å². The maximum absolute atomic E-state index is 12.4. The molecule has 1 amide bonds. The van der Waals surface area contributed by atoms with E-state index < -0.39 is 11.2 Å². The molecule has 0 saturated carbocycles. The molecule has 28 heavy (non-hydrogen) atoms. The Bertz CT molecular complexity index is 1160. The van der Waals surface area contributed by atoms with Gasteiger partial charge >= 0.3 is 5.69 Å². The quantitative estimate of drug-likeness (QED) is 0.649. The van der Waals surface area contributed by atoms with E-state index in [4.69, 9.17) is 4.74 Å². The molecule has 0 unspecified atom stereocenters. The number of aryl methyl sites for hydroxylation is 2. The number of nitrogens with zero attached hydrogens (tertiary/aromatic N) is 4. The summed E-state index contributed by atoms with van der Waals surface area (Å²) < 4.78 is 9.09. The third kappa shape index (κ3) is 3.55. The predicted molar refractivity (Wildman–Crippen MR) is 105 cm³/mol. The second-order valence-electron chi connectivity index (χ2n) is 6.67. The number of aromatic nitrogens is 4. The SMILES string of the molecule is COc1ccc(C)cc1CCNC(=O)Cn1cnc2c1c(=O)n(C)c(=O)n2C. The zero-order valence-corrected chi connectivity index (χ0v) is 16.4. The normalized spacial score (nSPS) is 11.0. The van der Waals surface area contributed by atoms with Crippen LogP contribution in [0.4, 0.5) is 0 Å². The van der Waals surface area contributed by atoms with E-state index in [0.717, 1.165) is 21.4 Å². The number of nitrogens with one attached hydrogen (secondary N) is 1. The summed E-state index contributed by atoms with van der Waals surface area (Å²) in [5, 5.41) is 2.84. The topological polar surface area (TPSA) is 100 Å². The summed E-state index contributed by atoms with van der Waals surface area (Å²) in [4.78, 5) is 40.8. The van der Waals surface area contributed by atoms with Crippen molar-refractivity contribution >= 4 is 17.1 Å². The van der Waals surface area contributed by atoms with E-state index in [9.17, 15) is 14.4 Å². The van der Waals surface area contributed by atoms with Gasteiger partial charge in [0.2, 0.25) is 5.91 Å². The molecule has 1 N–H and O–H groups in total. The van der Waals surface area contributed by atoms with Crippen molar-refractivity contribution in [1.82, 2.24) is 24.0 Å². The van der Waals surface area contributed by atoms with Crippen molar-refractivity contribution in [1.29, 1.82) is 0 Å². The molecule has 0 atom stereocenters. The number of imidazole rings is 1. The van der Waals surface area contributed by atoms with Crippen molar-refractivity contribution in [3.05, 3.63) is 56.5 Å². The molecule has 9 nitrogen and oxygen atoms in total. The Balaban J connectivity index is 1.72. The molecular formula is C19H23N5O4. The van der Waals surface area contributed by atoms with Crippen LogP contribution >= 0.6 is 0 Å². The largest absolute Gasteiger partial charge is 0.496 e. The molecule has 0 aliphatic rings. The molecule has 0 bridgehead atoms. The molecule has 3 rings (SSSR count). The van der Waals surface area contributed by atoms with E-state index in [1.54, 1.807) is 7.11 Å². The van der Waals surface area contributed by atoms with E-state index in [0.29, 0.717) is 13.0 Å². The second-order valence-corrected chi connectivity index (χ2v) is 6.67. The van der Waals surface area contributed by atoms with Gasteiger partial charge in [-0.25, -0.2) is 9.78 Å². The van der Waals surface area contributed by atoms with Crippen LogP contribution in [0.3, 0.4) is 0 Å². The molecule has 0 saturated heterocycles. The van der Waals surface area contributed by atoms with Crippen molar-refractivity contribution in [2.24, 2.45) is 14.1 Å². The fourth-order valence-electron chi connectivity index (χ4n) is 3.17. The van der Waals surface area contributed by atoms with Gasteiger partial charge in [0.1, 0.15) is 12.3 Å². The molecule has 0 aliphatic heterocycles. The van der Waals surface area contributed by atoms with E-state index in [2.05, 4.69) is 10.3 Å². The van der Waals surface area contributed by atoms with E-state index in [-0.39, 0.29) is 23.6 Å². The molecule has 2 heterocycles. The van der Waals surface area contributed by atoms with Gasteiger partial charge < -0.3 is 14.6 Å². The predicted octanol–water partition coefficient (Wildman–Crippen LogP) is 0.110. The van der Waals surface area contributed by atoms with Gasteiger partial charge in [-0.05, 0) is 25.0 Å². The number of ether oxygens (including phenoxy) is 1. The summed E-state index contributed by atoms with van der Waals surface area (Å²) in [5.74, 6) is 0.534. The molecule has 1 aromatic carbocycles. The first-order chi connectivity index (χ1) is 13.3. The summed E-state index contributed by atoms with van der Waals surface area (Å²) in [6.45, 7) is 2.37. The number of carbonyl (C=O) groups excluding carboxylic acids is 1. The average molecular weight is 385 g/mol. The molecule has 148 valence electrons. The Hall–Kier alpha value is -3.36. The first-order valence-corrected chi connectivity index (χ1v) is 8.84. The van der Waals surface area contributed by atoms with Gasteiger partial charge in [0.05, 0.1) is 13.4 Å². The third-order valence-corrected chi connectivity index (χ3v) is 4.68. The molecule has 9 heteroatoms. The Labute approximate surface area is 161 Å². The van der Waals surface area contributed by atoms with Crippen molar-refractivity contribution in [3.63, 3.8) is 0 Å². The summed E-state index contributed by atoms with van der Waals surface area (Å²) in [6.07, 6.45) is 2.02. The Morgan fingerprint density at radius 2 is 1.96 bits per heavy atom. The Morgan fingerprint density at radius 1 is 1.21 bits per heavy atom. The fourth-order valence-corrected chi connectivity index (χ4v) is 3.17. The number of benzene rings is 1. The smallest absolute Gasteiger partial charge is 0.332 e. The highest BCUT2D eigenvalue weighted by Crippen LogP contribution is 2.19. The molecule has 0 spiro atoms. The molecule has 0 fully saturated rings. The number of methoxy groups -OCH3 is 1. The average Bonchev–Trinajstić information content (AvgIpc) is 3.08. The molecular weight excluding hydrogens is 362 g/mol. The van der Waals surface area contributed by atoms with Gasteiger partial charge in [0.25, 0.3) is 5.56 Å². The Kier molecular flexibility index (Phi) is 5.34. The van der Waals surface area contributed by atoms with Crippen LogP contribution in [0.1, 0.15) is 11.1 Å². The highest BCUT2D eigenvalue weighted by molar-refractivity contribution is 5.78. The number of fused-ring (bicyclic) bond motifs is 1. The van der Waals surface area contributed by atoms with E-state index in [1.807, 2.05) is 25.1 Å². The lowest BCUT2D eigenvalue weighted by atomic mass is 10.1. The Morgan fingerprint density at radius 3 is 2.68 bits per heavy atom. The summed E-state index contributed by atoms with van der Waals surface area (Å²) in [5.41, 5.74) is 1.67. The van der Waals surface area contributed by atoms with Crippen LogP contribution in [0.15, 0.2) is 34.1 Å². The van der Waals surface area contributed by atoms with Crippen LogP contribution in [0, 0.1) is 6.92 Å². The lowest BCUT2D eigenvalue weighted by Crippen LogP contribution is -2.38. The number of rotatable bonds is 6. The number of carbonyl (C=O) groups is 1. The standard InChI is InChI=1S/C19H23N5O4/c1-12-5-6-14(28-4)13(9-12)7-8-20-15(25)10-24-11-21-17-16(24)18(26)23(3)19(27)22(17)2/h5-6,9,11H,7-8,10H2,1-4H3,(H,20,25). The minimum absolute atomic E-state index is 0.0606. The van der Waals surface area contributed by atoms with Gasteiger partial charge in [-0.3, -0.25) is 18.7 Å². The monoisotopic (exact) mass is 385 g/mol. The van der Waals surface area contributed by atoms with Crippen LogP contribution in [-0.2, 0) is 31.9 Å². The zero-order chi connectivity index (χ0) is 20.4. The van der Waals surface area contributed by atoms with Gasteiger partial charge in [-0.1, -0.05) is 17.7 Å². The van der Waals surface area contributed by atoms with Gasteiger partial charge in [-0.15, -0.1) is 0 Å². The number of amides is 1. The van der Waals surface area contributed by atoms with E-state index in [1.165, 1.54) is 29.6 Å². The number of hydrogen-bond donors (Lipinski definition) is 1. The van der Waals surface area contributed by atoms with Crippen LogP contribution in [-0.4, -0.2) is 38.2 Å². The second kappa shape index (κ2) is 7.71. The maximum atomic E-state index is 12.4. The lowest BCUT2D eigenvalue weighted by Gasteiger charge is -2.11. The van der Waals surface area contributed by atoms with Crippen LogP contribution in [0.5, 0.6) is 5.75 Å². The van der Waals surface area contributed by atoms with Crippen LogP contribution < -0.4 is 21.3 Å². The minimum Gasteiger partial charge on any atom is -0.496 e. The highest BCUT2D eigenvalue weighted by Gasteiger charge is 2.16. The fraction of sp³-hybridized carbons (Fsp3) is 0.368. The minimum atomic E-state index is -0.479. The lowest BCUT2D eigenvalue weighted by molar-refractivity contribution is -0.121. The van der Waals surface area contributed by atoms with Crippen LogP contribution in [0.2, 0.25) is 0 Å². The molecule has 0 radical (unpaired) electrons. The third-order valence-electron chi connectivity index (χ3n) is 4.68. The van der Waals surface area contributed by atoms with Gasteiger partial charge in [0.15, 0.2) is 11.2 Å².